The second-order valence-corrected chi connectivity index (χ2v) is 7.49. The Labute approximate surface area is 168 Å². The summed E-state index contributed by atoms with van der Waals surface area (Å²) in [5.74, 6) is 2.75. The molecule has 152 valence electrons. The molecule has 4 heterocycles. The van der Waals surface area contributed by atoms with Gasteiger partial charge in [0.2, 0.25) is 11.7 Å². The predicted octanol–water partition coefficient (Wildman–Crippen LogP) is 2.82. The van der Waals surface area contributed by atoms with E-state index in [4.69, 9.17) is 9.05 Å². The first-order valence-corrected chi connectivity index (χ1v) is 9.71. The molecule has 3 aromatic heterocycles. The van der Waals surface area contributed by atoms with Crippen LogP contribution in [0.15, 0.2) is 27.4 Å². The third kappa shape index (κ3) is 3.72. The second kappa shape index (κ2) is 7.65. The minimum absolute atomic E-state index is 0.0257. The van der Waals surface area contributed by atoms with Gasteiger partial charge in [0.05, 0.1) is 5.69 Å². The van der Waals surface area contributed by atoms with Gasteiger partial charge in [-0.1, -0.05) is 24.2 Å². The minimum atomic E-state index is -0.0257. The van der Waals surface area contributed by atoms with E-state index in [1.807, 2.05) is 30.9 Å². The number of piperazine rings is 1. The maximum absolute atomic E-state index is 12.8. The molecule has 0 atom stereocenters. The van der Waals surface area contributed by atoms with Crippen molar-refractivity contribution >= 4 is 11.7 Å². The number of pyridine rings is 1. The monoisotopic (exact) mass is 396 g/mol. The van der Waals surface area contributed by atoms with Gasteiger partial charge < -0.3 is 18.8 Å². The molecule has 1 saturated heterocycles. The second-order valence-electron chi connectivity index (χ2n) is 7.49. The minimum Gasteiger partial charge on any atom is -0.361 e. The van der Waals surface area contributed by atoms with E-state index in [0.29, 0.717) is 54.9 Å². The number of hydrogen-bond donors (Lipinski definition) is 0. The summed E-state index contributed by atoms with van der Waals surface area (Å²) >= 11 is 0. The molecule has 0 aliphatic carbocycles. The van der Waals surface area contributed by atoms with E-state index < -0.39 is 0 Å². The highest BCUT2D eigenvalue weighted by Gasteiger charge is 2.27. The van der Waals surface area contributed by atoms with Crippen LogP contribution in [0, 0.1) is 13.8 Å². The van der Waals surface area contributed by atoms with E-state index in [1.165, 1.54) is 0 Å². The Kier molecular flexibility index (Phi) is 5.04. The molecule has 1 aliphatic heterocycles. The molecule has 29 heavy (non-hydrogen) atoms. The summed E-state index contributed by atoms with van der Waals surface area (Å²) in [6, 6.07) is 3.89. The summed E-state index contributed by atoms with van der Waals surface area (Å²) in [4.78, 5) is 25.7. The molecule has 1 aliphatic rings. The summed E-state index contributed by atoms with van der Waals surface area (Å²) in [6.07, 6.45) is 1.76. The van der Waals surface area contributed by atoms with Gasteiger partial charge in [0.15, 0.2) is 0 Å². The molecule has 0 saturated carbocycles. The van der Waals surface area contributed by atoms with Crippen LogP contribution in [-0.2, 0) is 0 Å². The van der Waals surface area contributed by atoms with Crippen molar-refractivity contribution in [2.24, 2.45) is 0 Å². The van der Waals surface area contributed by atoms with Crippen LogP contribution in [0.5, 0.6) is 0 Å². The smallest absolute Gasteiger partial charge is 0.259 e. The zero-order chi connectivity index (χ0) is 20.5. The number of carbonyl (C=O) groups excluding carboxylic acids is 1. The van der Waals surface area contributed by atoms with Gasteiger partial charge in [-0.05, 0) is 26.0 Å². The number of aryl methyl sites for hydroxylation is 2. The summed E-state index contributed by atoms with van der Waals surface area (Å²) in [5.41, 5.74) is 2.02. The van der Waals surface area contributed by atoms with Crippen LogP contribution in [0.2, 0.25) is 0 Å². The van der Waals surface area contributed by atoms with Crippen molar-refractivity contribution in [3.63, 3.8) is 0 Å². The van der Waals surface area contributed by atoms with Crippen molar-refractivity contribution in [1.29, 1.82) is 0 Å². The molecular weight excluding hydrogens is 372 g/mol. The van der Waals surface area contributed by atoms with Gasteiger partial charge in [-0.15, -0.1) is 0 Å². The van der Waals surface area contributed by atoms with Crippen LogP contribution in [0.1, 0.15) is 47.5 Å². The topological polar surface area (TPSA) is 101 Å². The van der Waals surface area contributed by atoms with Gasteiger partial charge in [0, 0.05) is 43.9 Å². The van der Waals surface area contributed by atoms with Crippen molar-refractivity contribution in [2.45, 2.75) is 33.6 Å². The Morgan fingerprint density at radius 2 is 1.83 bits per heavy atom. The van der Waals surface area contributed by atoms with Crippen LogP contribution < -0.4 is 4.90 Å². The first kappa shape index (κ1) is 19.1. The predicted molar refractivity (Wildman–Crippen MR) is 106 cm³/mol. The molecular formula is C20H24N6O3. The Bertz CT molecular complexity index is 980. The third-order valence-electron chi connectivity index (χ3n) is 5.08. The summed E-state index contributed by atoms with van der Waals surface area (Å²) in [6.45, 7) is 10.2. The SMILES string of the molecule is Cc1noc(C)c1C(=O)N1CCN(c2ccc(-c3noc(C(C)C)n3)cn2)CC1. The maximum Gasteiger partial charge on any atom is 0.259 e. The molecule has 0 N–H and O–H groups in total. The molecule has 0 aromatic carbocycles. The van der Waals surface area contributed by atoms with E-state index in [1.54, 1.807) is 20.0 Å². The highest BCUT2D eigenvalue weighted by atomic mass is 16.5. The molecule has 4 rings (SSSR count). The lowest BCUT2D eigenvalue weighted by Gasteiger charge is -2.35. The molecule has 3 aromatic rings. The lowest BCUT2D eigenvalue weighted by Crippen LogP contribution is -2.49. The highest BCUT2D eigenvalue weighted by Crippen LogP contribution is 2.22. The molecule has 0 bridgehead atoms. The van der Waals surface area contributed by atoms with E-state index in [-0.39, 0.29) is 11.8 Å². The molecule has 9 heteroatoms. The largest absolute Gasteiger partial charge is 0.361 e. The van der Waals surface area contributed by atoms with Gasteiger partial charge in [-0.2, -0.15) is 4.98 Å². The van der Waals surface area contributed by atoms with Crippen molar-refractivity contribution in [3.05, 3.63) is 41.2 Å². The number of aromatic nitrogens is 4. The zero-order valence-electron chi connectivity index (χ0n) is 17.0. The van der Waals surface area contributed by atoms with Gasteiger partial charge >= 0.3 is 0 Å². The van der Waals surface area contributed by atoms with Crippen LogP contribution >= 0.6 is 0 Å². The Morgan fingerprint density at radius 1 is 1.07 bits per heavy atom. The van der Waals surface area contributed by atoms with E-state index >= 15 is 0 Å². The van der Waals surface area contributed by atoms with Crippen LogP contribution in [0.25, 0.3) is 11.4 Å². The lowest BCUT2D eigenvalue weighted by molar-refractivity contribution is 0.0744. The standard InChI is InChI=1S/C20H24N6O3/c1-12(2)19-22-18(24-29-19)15-5-6-16(21-11-15)25-7-9-26(10-8-25)20(27)17-13(3)23-28-14(17)4/h5-6,11-12H,7-10H2,1-4H3. The van der Waals surface area contributed by atoms with Crippen molar-refractivity contribution in [1.82, 2.24) is 25.2 Å². The molecule has 0 radical (unpaired) electrons. The highest BCUT2D eigenvalue weighted by molar-refractivity contribution is 5.96. The first-order valence-electron chi connectivity index (χ1n) is 9.71. The molecule has 9 nitrogen and oxygen atoms in total. The first-order chi connectivity index (χ1) is 13.9. The molecule has 1 amide bonds. The fourth-order valence-corrected chi connectivity index (χ4v) is 3.38. The Hall–Kier alpha value is -3.23. The number of amides is 1. The number of carbonyl (C=O) groups is 1. The summed E-state index contributed by atoms with van der Waals surface area (Å²) in [5, 5.41) is 7.90. The average Bonchev–Trinajstić information content (AvgIpc) is 3.35. The van der Waals surface area contributed by atoms with Crippen LogP contribution in [0.4, 0.5) is 5.82 Å². The van der Waals surface area contributed by atoms with Gasteiger partial charge in [0.25, 0.3) is 5.91 Å². The maximum atomic E-state index is 12.8. The number of hydrogen-bond acceptors (Lipinski definition) is 8. The van der Waals surface area contributed by atoms with Crippen LogP contribution in [-0.4, -0.2) is 57.3 Å². The summed E-state index contributed by atoms with van der Waals surface area (Å²) in [7, 11) is 0. The van der Waals surface area contributed by atoms with E-state index in [0.717, 1.165) is 11.4 Å². The van der Waals surface area contributed by atoms with E-state index in [2.05, 4.69) is 25.2 Å². The molecule has 0 unspecified atom stereocenters. The fraction of sp³-hybridized carbons (Fsp3) is 0.450. The Balaban J connectivity index is 1.40. The third-order valence-corrected chi connectivity index (χ3v) is 5.08. The average molecular weight is 396 g/mol. The zero-order valence-corrected chi connectivity index (χ0v) is 17.0. The van der Waals surface area contributed by atoms with Crippen molar-refractivity contribution in [3.8, 4) is 11.4 Å². The number of nitrogens with zero attached hydrogens (tertiary/aromatic N) is 6. The van der Waals surface area contributed by atoms with Gasteiger partial charge in [-0.25, -0.2) is 4.98 Å². The number of rotatable bonds is 4. The molecule has 0 spiro atoms. The van der Waals surface area contributed by atoms with Gasteiger partial charge in [-0.3, -0.25) is 4.79 Å². The molecule has 1 fully saturated rings. The van der Waals surface area contributed by atoms with Crippen LogP contribution in [0.3, 0.4) is 0 Å². The van der Waals surface area contributed by atoms with E-state index in [9.17, 15) is 4.79 Å². The summed E-state index contributed by atoms with van der Waals surface area (Å²) < 4.78 is 10.4. The normalized spacial score (nSPS) is 14.7. The quantitative estimate of drug-likeness (QED) is 0.663. The fourth-order valence-electron chi connectivity index (χ4n) is 3.38. The van der Waals surface area contributed by atoms with Gasteiger partial charge in [0.1, 0.15) is 17.1 Å². The number of anilines is 1. The lowest BCUT2D eigenvalue weighted by atomic mass is 10.1. The van der Waals surface area contributed by atoms with Crippen molar-refractivity contribution in [2.75, 3.05) is 31.1 Å². The Morgan fingerprint density at radius 3 is 2.38 bits per heavy atom. The van der Waals surface area contributed by atoms with Crippen molar-refractivity contribution < 1.29 is 13.8 Å².